The molecule has 6 heterocycles. The molecule has 0 saturated carbocycles. The number of aromatic nitrogens is 4. The van der Waals surface area contributed by atoms with E-state index in [-0.39, 0.29) is 23.7 Å². The van der Waals surface area contributed by atoms with Gasteiger partial charge >= 0.3 is 6.01 Å². The van der Waals surface area contributed by atoms with Gasteiger partial charge in [0, 0.05) is 71.1 Å². The third-order valence-corrected chi connectivity index (χ3v) is 9.89. The summed E-state index contributed by atoms with van der Waals surface area (Å²) in [6.07, 6.45) is 5.14. The molecule has 4 aromatic rings. The van der Waals surface area contributed by atoms with Gasteiger partial charge in [-0.1, -0.05) is 17.7 Å². The Bertz CT molecular complexity index is 1640. The van der Waals surface area contributed by atoms with Gasteiger partial charge in [-0.25, -0.2) is 8.78 Å². The summed E-state index contributed by atoms with van der Waals surface area (Å²) in [5.41, 5.74) is 2.81. The molecule has 8 rings (SSSR count). The van der Waals surface area contributed by atoms with Crippen molar-refractivity contribution in [3.8, 4) is 17.1 Å². The van der Waals surface area contributed by atoms with Gasteiger partial charge in [-0.3, -0.25) is 10.00 Å². The number of halogens is 3. The second-order valence-corrected chi connectivity index (χ2v) is 12.5. The minimum absolute atomic E-state index is 0.0601. The van der Waals surface area contributed by atoms with Gasteiger partial charge in [-0.05, 0) is 56.7 Å². The Morgan fingerprint density at radius 2 is 1.90 bits per heavy atom. The number of alkyl halides is 1. The van der Waals surface area contributed by atoms with E-state index in [4.69, 9.17) is 26.3 Å². The monoisotopic (exact) mass is 579 g/mol. The van der Waals surface area contributed by atoms with Crippen LogP contribution in [-0.2, 0) is 0 Å². The van der Waals surface area contributed by atoms with Gasteiger partial charge in [0.2, 0.25) is 0 Å². The minimum Gasteiger partial charge on any atom is -0.444 e. The summed E-state index contributed by atoms with van der Waals surface area (Å²) in [4.78, 5) is 13.9. The highest BCUT2D eigenvalue weighted by Crippen LogP contribution is 2.41. The van der Waals surface area contributed by atoms with Crippen molar-refractivity contribution in [3.63, 3.8) is 0 Å². The summed E-state index contributed by atoms with van der Waals surface area (Å²) in [5.74, 6) is 0.296. The number of ether oxygens (including phenoxy) is 1. The summed E-state index contributed by atoms with van der Waals surface area (Å²) in [7, 11) is 0. The van der Waals surface area contributed by atoms with Crippen molar-refractivity contribution < 1.29 is 13.5 Å². The van der Waals surface area contributed by atoms with Crippen LogP contribution in [0.2, 0.25) is 5.02 Å². The van der Waals surface area contributed by atoms with Gasteiger partial charge in [0.05, 0.1) is 11.7 Å². The van der Waals surface area contributed by atoms with Crippen molar-refractivity contribution in [2.45, 2.75) is 63.5 Å². The van der Waals surface area contributed by atoms with Crippen molar-refractivity contribution >= 4 is 39.2 Å². The molecule has 0 aliphatic carbocycles. The van der Waals surface area contributed by atoms with Gasteiger partial charge < -0.3 is 15.0 Å². The van der Waals surface area contributed by atoms with Crippen molar-refractivity contribution in [1.29, 1.82) is 0 Å². The Labute approximate surface area is 241 Å². The molecule has 2 aromatic heterocycles. The second-order valence-electron chi connectivity index (χ2n) is 12.1. The summed E-state index contributed by atoms with van der Waals surface area (Å²) < 4.78 is 37.6. The van der Waals surface area contributed by atoms with Gasteiger partial charge in [0.1, 0.15) is 17.5 Å². The van der Waals surface area contributed by atoms with Crippen LogP contribution >= 0.6 is 11.6 Å². The van der Waals surface area contributed by atoms with Crippen molar-refractivity contribution in [1.82, 2.24) is 30.4 Å². The van der Waals surface area contributed by atoms with Crippen LogP contribution in [0.15, 0.2) is 24.4 Å². The molecule has 2 aromatic carbocycles. The lowest BCUT2D eigenvalue weighted by atomic mass is 9.86. The molecule has 4 fully saturated rings. The molecular formula is C30H32ClF2N7O. The largest absolute Gasteiger partial charge is 0.444 e. The fraction of sp³-hybridized carbons (Fsp3) is 0.500. The number of rotatable bonds is 4. The van der Waals surface area contributed by atoms with E-state index in [1.54, 1.807) is 12.3 Å². The van der Waals surface area contributed by atoms with E-state index in [9.17, 15) is 4.39 Å². The number of aromatic amines is 1. The predicted molar refractivity (Wildman–Crippen MR) is 155 cm³/mol. The number of piperidine rings is 2. The van der Waals surface area contributed by atoms with E-state index in [1.807, 2.05) is 19.1 Å². The maximum atomic E-state index is 16.7. The van der Waals surface area contributed by atoms with Crippen molar-refractivity contribution in [2.75, 3.05) is 31.1 Å². The summed E-state index contributed by atoms with van der Waals surface area (Å²) in [6.45, 7) is 4.58. The molecule has 4 bridgehead atoms. The lowest BCUT2D eigenvalue weighted by molar-refractivity contribution is -0.0989. The van der Waals surface area contributed by atoms with Gasteiger partial charge in [-0.2, -0.15) is 15.1 Å². The van der Waals surface area contributed by atoms with Gasteiger partial charge in [0.15, 0.2) is 12.0 Å². The molecule has 0 radical (unpaired) electrons. The first-order valence-corrected chi connectivity index (χ1v) is 15.0. The van der Waals surface area contributed by atoms with E-state index < -0.39 is 12.0 Å². The third kappa shape index (κ3) is 4.25. The third-order valence-electron chi connectivity index (χ3n) is 9.49. The maximum Gasteiger partial charge on any atom is 0.320 e. The summed E-state index contributed by atoms with van der Waals surface area (Å²) in [5, 5.41) is 12.8. The molecule has 0 amide bonds. The number of fused-ring (bicyclic) bond motifs is 6. The summed E-state index contributed by atoms with van der Waals surface area (Å²) >= 11 is 6.56. The molecule has 6 atom stereocenters. The number of benzene rings is 2. The van der Waals surface area contributed by atoms with Crippen LogP contribution in [0.25, 0.3) is 32.9 Å². The van der Waals surface area contributed by atoms with E-state index in [0.29, 0.717) is 52.4 Å². The number of nitrogens with zero attached hydrogens (tertiary/aromatic N) is 5. The Balaban J connectivity index is 1.28. The molecule has 4 saturated heterocycles. The zero-order valence-corrected chi connectivity index (χ0v) is 23.6. The molecule has 11 heteroatoms. The predicted octanol–water partition coefficient (Wildman–Crippen LogP) is 5.37. The lowest BCUT2D eigenvalue weighted by Gasteiger charge is -2.45. The number of hydrogen-bond donors (Lipinski definition) is 2. The second kappa shape index (κ2) is 9.74. The van der Waals surface area contributed by atoms with E-state index in [1.165, 1.54) is 0 Å². The van der Waals surface area contributed by atoms with Crippen LogP contribution in [0.3, 0.4) is 0 Å². The van der Waals surface area contributed by atoms with Crippen molar-refractivity contribution in [2.24, 2.45) is 5.92 Å². The smallest absolute Gasteiger partial charge is 0.320 e. The van der Waals surface area contributed by atoms with Gasteiger partial charge in [0.25, 0.3) is 0 Å². The topological polar surface area (TPSA) is 82.2 Å². The Morgan fingerprint density at radius 3 is 2.71 bits per heavy atom. The first-order chi connectivity index (χ1) is 19.9. The van der Waals surface area contributed by atoms with E-state index in [2.05, 4.69) is 25.3 Å². The first-order valence-electron chi connectivity index (χ1n) is 14.6. The quantitative estimate of drug-likeness (QED) is 0.336. The molecule has 0 spiro atoms. The standard InChI is InChI=1S/C30H32ClF2N7O/c1-15-23(31)10-24-22(11-34-38-24)25(15)20-6-7-21-27(26(20)33)36-30(37-28(21)40-13-18-4-5-19(14-40)35-18)41-29-16-3-2-8-39(29)12-17(32)9-16/h6-7,10-11,16-19,29,35H,2-5,8-9,12-14H2,1H3,(H,34,38)/t16-,17-,18?,19?,29?/m1/s1. The SMILES string of the molecule is Cc1c(Cl)cc2[nH]ncc2c1-c1ccc2c(N3CC4CCC(C3)N4)nc(OC3[C@@H]4CCCN3C[C@H](F)C4)nc2c1F. The Hall–Kier alpha value is -3.08. The number of hydrogen-bond acceptors (Lipinski definition) is 7. The van der Waals surface area contributed by atoms with Crippen LogP contribution in [0.4, 0.5) is 14.6 Å². The zero-order valence-electron chi connectivity index (χ0n) is 22.8. The average molecular weight is 580 g/mol. The fourth-order valence-electron chi connectivity index (χ4n) is 7.58. The molecule has 2 N–H and O–H groups in total. The maximum absolute atomic E-state index is 16.7. The van der Waals surface area contributed by atoms with Crippen LogP contribution in [0, 0.1) is 18.7 Å². The Morgan fingerprint density at radius 1 is 1.07 bits per heavy atom. The van der Waals surface area contributed by atoms with E-state index in [0.717, 1.165) is 61.8 Å². The molecule has 41 heavy (non-hydrogen) atoms. The minimum atomic E-state index is -0.856. The highest BCUT2D eigenvalue weighted by atomic mass is 35.5. The van der Waals surface area contributed by atoms with Crippen molar-refractivity contribution in [3.05, 3.63) is 40.8 Å². The molecule has 8 nitrogen and oxygen atoms in total. The van der Waals surface area contributed by atoms with Gasteiger partial charge in [-0.15, -0.1) is 0 Å². The van der Waals surface area contributed by atoms with Crippen LogP contribution < -0.4 is 15.0 Å². The van der Waals surface area contributed by atoms with Crippen LogP contribution in [0.1, 0.15) is 37.7 Å². The number of anilines is 1. The lowest BCUT2D eigenvalue weighted by Crippen LogP contribution is -2.55. The highest BCUT2D eigenvalue weighted by molar-refractivity contribution is 6.33. The number of piperazine rings is 1. The molecule has 4 aliphatic rings. The molecular weight excluding hydrogens is 548 g/mol. The zero-order chi connectivity index (χ0) is 27.8. The fourth-order valence-corrected chi connectivity index (χ4v) is 7.79. The first kappa shape index (κ1) is 25.6. The average Bonchev–Trinajstić information content (AvgIpc) is 3.55. The number of H-pyrrole nitrogens is 1. The molecule has 4 unspecified atom stereocenters. The Kier molecular flexibility index (Phi) is 6.09. The highest BCUT2D eigenvalue weighted by Gasteiger charge is 2.41. The normalized spacial score (nSPS) is 29.4. The molecule has 4 aliphatic heterocycles. The van der Waals surface area contributed by atoms with E-state index >= 15 is 4.39 Å². The molecule has 214 valence electrons. The van der Waals surface area contributed by atoms with Crippen LogP contribution in [-0.4, -0.2) is 75.7 Å². The number of nitrogens with one attached hydrogen (secondary N) is 2. The summed E-state index contributed by atoms with van der Waals surface area (Å²) in [6, 6.07) is 6.42. The van der Waals surface area contributed by atoms with Crippen LogP contribution in [0.5, 0.6) is 6.01 Å².